The van der Waals surface area contributed by atoms with Crippen molar-refractivity contribution in [1.29, 1.82) is 0 Å². The summed E-state index contributed by atoms with van der Waals surface area (Å²) in [5.41, 5.74) is 2.10. The van der Waals surface area contributed by atoms with Crippen LogP contribution in [0, 0.1) is 0 Å². The van der Waals surface area contributed by atoms with E-state index in [1.54, 1.807) is 10.8 Å². The lowest BCUT2D eigenvalue weighted by Gasteiger charge is -2.44. The molecule has 8 heteroatoms. The van der Waals surface area contributed by atoms with Crippen LogP contribution in [-0.2, 0) is 6.54 Å². The highest BCUT2D eigenvalue weighted by Gasteiger charge is 2.32. The van der Waals surface area contributed by atoms with E-state index in [0.717, 1.165) is 31.1 Å². The molecule has 8 nitrogen and oxygen atoms in total. The second-order valence-corrected chi connectivity index (χ2v) is 6.82. The van der Waals surface area contributed by atoms with E-state index in [1.807, 2.05) is 24.7 Å². The van der Waals surface area contributed by atoms with E-state index in [-0.39, 0.29) is 0 Å². The number of fused-ring (bicyclic) bond motifs is 1. The van der Waals surface area contributed by atoms with E-state index < -0.39 is 0 Å². The largest absolute Gasteiger partial charge is 0.352 e. The van der Waals surface area contributed by atoms with E-state index >= 15 is 0 Å². The minimum absolute atomic E-state index is 0.547. The van der Waals surface area contributed by atoms with E-state index in [0.29, 0.717) is 12.1 Å². The van der Waals surface area contributed by atoms with E-state index in [1.165, 1.54) is 18.5 Å². The number of hydrogen-bond acceptors (Lipinski definition) is 6. The summed E-state index contributed by atoms with van der Waals surface area (Å²) >= 11 is 0. The van der Waals surface area contributed by atoms with Gasteiger partial charge in [0.15, 0.2) is 5.65 Å². The first-order valence-electron chi connectivity index (χ1n) is 8.41. The van der Waals surface area contributed by atoms with Crippen LogP contribution in [0.1, 0.15) is 24.6 Å². The maximum atomic E-state index is 4.56. The number of aromatic nitrogens is 6. The van der Waals surface area contributed by atoms with Gasteiger partial charge in [-0.2, -0.15) is 4.52 Å². The third-order valence-electron chi connectivity index (χ3n) is 5.06. The monoisotopic (exact) mass is 324 g/mol. The average molecular weight is 324 g/mol. The summed E-state index contributed by atoms with van der Waals surface area (Å²) in [5, 5.41) is 12.4. The van der Waals surface area contributed by atoms with E-state index in [2.05, 4.69) is 41.7 Å². The Morgan fingerprint density at radius 2 is 2.08 bits per heavy atom. The molecule has 1 saturated carbocycles. The second kappa shape index (κ2) is 5.27. The Bertz CT molecular complexity index is 858. The Labute approximate surface area is 139 Å². The Hall–Kier alpha value is -2.48. The van der Waals surface area contributed by atoms with Gasteiger partial charge in [0.05, 0.1) is 12.0 Å². The maximum absolute atomic E-state index is 4.56. The summed E-state index contributed by atoms with van der Waals surface area (Å²) in [7, 11) is 2.20. The van der Waals surface area contributed by atoms with E-state index in [9.17, 15) is 0 Å². The number of anilines is 1. The highest BCUT2D eigenvalue weighted by Crippen LogP contribution is 2.36. The SMILES string of the molecule is CN(Cc1cncn1C1CC1)C1CN(c2ccc3nncn3n2)C1. The molecule has 5 rings (SSSR count). The van der Waals surface area contributed by atoms with Crippen molar-refractivity contribution < 1.29 is 0 Å². The first-order chi connectivity index (χ1) is 11.8. The quantitative estimate of drug-likeness (QED) is 0.697. The van der Waals surface area contributed by atoms with Crippen molar-refractivity contribution in [3.8, 4) is 0 Å². The standard InChI is InChI=1S/C16H20N8/c1-21(7-13-6-17-10-23(13)12-2-3-12)14-8-22(9-14)16-5-4-15-19-18-11-24(15)20-16/h4-6,10-12,14H,2-3,7-9H2,1H3. The molecular formula is C16H20N8. The fourth-order valence-corrected chi connectivity index (χ4v) is 3.33. The van der Waals surface area contributed by atoms with Crippen molar-refractivity contribution in [2.24, 2.45) is 0 Å². The zero-order valence-corrected chi connectivity index (χ0v) is 13.7. The van der Waals surface area contributed by atoms with Gasteiger partial charge in [-0.3, -0.25) is 4.90 Å². The molecule has 1 saturated heterocycles. The number of hydrogen-bond donors (Lipinski definition) is 0. The molecule has 0 N–H and O–H groups in total. The molecule has 0 amide bonds. The van der Waals surface area contributed by atoms with Gasteiger partial charge in [0.2, 0.25) is 0 Å². The van der Waals surface area contributed by atoms with Gasteiger partial charge in [0.1, 0.15) is 12.1 Å². The van der Waals surface area contributed by atoms with Crippen LogP contribution < -0.4 is 4.90 Å². The predicted molar refractivity (Wildman–Crippen MR) is 88.7 cm³/mol. The molecule has 2 aliphatic rings. The first-order valence-corrected chi connectivity index (χ1v) is 8.41. The van der Waals surface area contributed by atoms with Crippen molar-refractivity contribution in [1.82, 2.24) is 34.3 Å². The molecule has 3 aromatic heterocycles. The molecule has 0 aromatic carbocycles. The summed E-state index contributed by atoms with van der Waals surface area (Å²) in [4.78, 5) is 9.04. The van der Waals surface area contributed by atoms with Crippen molar-refractivity contribution in [3.05, 3.63) is 36.7 Å². The molecule has 0 spiro atoms. The fraction of sp³-hybridized carbons (Fsp3) is 0.500. The summed E-state index contributed by atoms with van der Waals surface area (Å²) in [6.07, 6.45) is 8.21. The summed E-state index contributed by atoms with van der Waals surface area (Å²) in [5.74, 6) is 0.981. The fourth-order valence-electron chi connectivity index (χ4n) is 3.33. The van der Waals surface area contributed by atoms with Crippen LogP contribution in [0.3, 0.4) is 0 Å². The molecule has 4 heterocycles. The van der Waals surface area contributed by atoms with Crippen molar-refractivity contribution in [2.75, 3.05) is 25.0 Å². The van der Waals surface area contributed by atoms with Crippen molar-refractivity contribution >= 4 is 11.5 Å². The van der Waals surface area contributed by atoms with Gasteiger partial charge in [-0.25, -0.2) is 4.98 Å². The zero-order valence-electron chi connectivity index (χ0n) is 13.7. The Kier molecular flexibility index (Phi) is 3.05. The van der Waals surface area contributed by atoms with Crippen molar-refractivity contribution in [3.63, 3.8) is 0 Å². The number of nitrogens with zero attached hydrogens (tertiary/aromatic N) is 8. The molecule has 0 bridgehead atoms. The Morgan fingerprint density at radius 3 is 2.92 bits per heavy atom. The van der Waals surface area contributed by atoms with Crippen LogP contribution in [-0.4, -0.2) is 60.4 Å². The summed E-state index contributed by atoms with van der Waals surface area (Å²) in [6.45, 7) is 2.94. The van der Waals surface area contributed by atoms with Crippen LogP contribution >= 0.6 is 0 Å². The summed E-state index contributed by atoms with van der Waals surface area (Å²) < 4.78 is 4.06. The van der Waals surface area contributed by atoms with Gasteiger partial charge >= 0.3 is 0 Å². The minimum Gasteiger partial charge on any atom is -0.352 e. The molecule has 3 aromatic rings. The molecule has 24 heavy (non-hydrogen) atoms. The average Bonchev–Trinajstić information content (AvgIpc) is 3.09. The summed E-state index contributed by atoms with van der Waals surface area (Å²) in [6, 6.07) is 5.21. The molecule has 0 radical (unpaired) electrons. The van der Waals surface area contributed by atoms with Gasteiger partial charge in [-0.05, 0) is 32.0 Å². The van der Waals surface area contributed by atoms with Crippen LogP contribution in [0.15, 0.2) is 31.0 Å². The lowest BCUT2D eigenvalue weighted by Crippen LogP contribution is -2.58. The predicted octanol–water partition coefficient (Wildman–Crippen LogP) is 0.976. The third-order valence-corrected chi connectivity index (χ3v) is 5.06. The van der Waals surface area contributed by atoms with Crippen LogP contribution in [0.25, 0.3) is 5.65 Å². The van der Waals surface area contributed by atoms with Gasteiger partial charge in [0, 0.05) is 37.9 Å². The lowest BCUT2D eigenvalue weighted by atomic mass is 10.1. The van der Waals surface area contributed by atoms with Gasteiger partial charge in [0.25, 0.3) is 0 Å². The van der Waals surface area contributed by atoms with E-state index in [4.69, 9.17) is 0 Å². The highest BCUT2D eigenvalue weighted by molar-refractivity contribution is 5.47. The molecule has 2 fully saturated rings. The number of imidazole rings is 1. The van der Waals surface area contributed by atoms with Crippen molar-refractivity contribution in [2.45, 2.75) is 31.5 Å². The van der Waals surface area contributed by atoms with Gasteiger partial charge < -0.3 is 9.47 Å². The smallest absolute Gasteiger partial charge is 0.177 e. The molecule has 1 aliphatic carbocycles. The molecule has 1 aliphatic heterocycles. The number of rotatable bonds is 5. The highest BCUT2D eigenvalue weighted by atomic mass is 15.4. The lowest BCUT2D eigenvalue weighted by molar-refractivity contribution is 0.192. The van der Waals surface area contributed by atoms with Crippen LogP contribution in [0.4, 0.5) is 5.82 Å². The van der Waals surface area contributed by atoms with Gasteiger partial charge in [-0.1, -0.05) is 0 Å². The topological polar surface area (TPSA) is 67.4 Å². The minimum atomic E-state index is 0.547. The van der Waals surface area contributed by atoms with Crippen LogP contribution in [0.2, 0.25) is 0 Å². The molecule has 0 unspecified atom stereocenters. The molecular weight excluding hydrogens is 304 g/mol. The Balaban J connectivity index is 1.23. The Morgan fingerprint density at radius 1 is 1.21 bits per heavy atom. The molecule has 124 valence electrons. The number of likely N-dealkylation sites (N-methyl/N-ethyl adjacent to an activating group) is 1. The first kappa shape index (κ1) is 13.9. The molecule has 0 atom stereocenters. The third kappa shape index (κ3) is 2.34. The van der Waals surface area contributed by atoms with Crippen LogP contribution in [0.5, 0.6) is 0 Å². The maximum Gasteiger partial charge on any atom is 0.177 e. The van der Waals surface area contributed by atoms with Gasteiger partial charge in [-0.15, -0.1) is 15.3 Å². The normalized spacial score (nSPS) is 18.5. The second-order valence-electron chi connectivity index (χ2n) is 6.82. The zero-order chi connectivity index (χ0) is 16.1.